The van der Waals surface area contributed by atoms with Gasteiger partial charge in [-0.1, -0.05) is 13.0 Å². The average Bonchev–Trinajstić information content (AvgIpc) is 2.63. The van der Waals surface area contributed by atoms with E-state index in [4.69, 9.17) is 0 Å². The number of hydrogen-bond acceptors (Lipinski definition) is 4. The van der Waals surface area contributed by atoms with Gasteiger partial charge in [-0.3, -0.25) is 0 Å². The Morgan fingerprint density at radius 1 is 1.32 bits per heavy atom. The fraction of sp³-hybridized carbons (Fsp3) is 0.611. The monoisotopic (exact) mass is 528 g/mol. The quantitative estimate of drug-likeness (QED) is 0.287. The summed E-state index contributed by atoms with van der Waals surface area (Å²) in [5, 5.41) is 15.7. The normalized spacial score (nSPS) is 16.5. The lowest BCUT2D eigenvalue weighted by atomic mass is 10.1. The van der Waals surface area contributed by atoms with Crippen LogP contribution < -0.4 is 10.6 Å². The van der Waals surface area contributed by atoms with Gasteiger partial charge in [0.05, 0.1) is 12.3 Å². The van der Waals surface area contributed by atoms with Crippen molar-refractivity contribution in [2.45, 2.75) is 45.7 Å². The van der Waals surface area contributed by atoms with Crippen molar-refractivity contribution in [2.24, 2.45) is 4.99 Å². The van der Waals surface area contributed by atoms with Crippen LogP contribution in [0.3, 0.4) is 0 Å². The van der Waals surface area contributed by atoms with Gasteiger partial charge < -0.3 is 15.7 Å². The van der Waals surface area contributed by atoms with E-state index in [1.165, 1.54) is 12.1 Å². The minimum Gasteiger partial charge on any atom is -0.505 e. The van der Waals surface area contributed by atoms with Crippen LogP contribution in [0.25, 0.3) is 0 Å². The Bertz CT molecular complexity index is 753. The molecule has 0 bridgehead atoms. The summed E-state index contributed by atoms with van der Waals surface area (Å²) in [6.45, 7) is 5.78. The van der Waals surface area contributed by atoms with Gasteiger partial charge in [0.1, 0.15) is 0 Å². The van der Waals surface area contributed by atoms with Crippen molar-refractivity contribution >= 4 is 40.0 Å². The first-order valence-corrected chi connectivity index (χ1v) is 11.0. The molecule has 0 radical (unpaired) electrons. The fourth-order valence-corrected chi connectivity index (χ4v) is 4.54. The Hall–Kier alpha value is -1.14. The topological polar surface area (TPSA) is 94.0 Å². The Labute approximate surface area is 183 Å². The van der Waals surface area contributed by atoms with Crippen molar-refractivity contribution in [3.8, 4) is 5.75 Å². The maximum atomic E-state index is 13.4. The number of hydrogen-bond donors (Lipinski definition) is 3. The van der Waals surface area contributed by atoms with Gasteiger partial charge in [0.15, 0.2) is 17.5 Å². The van der Waals surface area contributed by atoms with Gasteiger partial charge in [-0.05, 0) is 43.9 Å². The SMILES string of the molecule is CCCS(=O)(=O)N1CCC(NC(=NCc2ccc(O)c(F)c2)NCC)CC1.I. The van der Waals surface area contributed by atoms with Crippen molar-refractivity contribution < 1.29 is 17.9 Å². The molecule has 28 heavy (non-hydrogen) atoms. The maximum absolute atomic E-state index is 13.4. The molecule has 1 aliphatic rings. The molecule has 1 heterocycles. The molecule has 0 saturated carbocycles. The van der Waals surface area contributed by atoms with Crippen molar-refractivity contribution in [1.29, 1.82) is 0 Å². The molecule has 0 atom stereocenters. The van der Waals surface area contributed by atoms with Gasteiger partial charge in [0, 0.05) is 25.7 Å². The first kappa shape index (κ1) is 24.9. The van der Waals surface area contributed by atoms with Crippen LogP contribution in [-0.2, 0) is 16.6 Å². The van der Waals surface area contributed by atoms with E-state index in [0.29, 0.717) is 50.4 Å². The highest BCUT2D eigenvalue weighted by Crippen LogP contribution is 2.17. The van der Waals surface area contributed by atoms with E-state index in [1.54, 1.807) is 10.4 Å². The predicted octanol–water partition coefficient (Wildman–Crippen LogP) is 2.41. The van der Waals surface area contributed by atoms with Crippen LogP contribution in [0.4, 0.5) is 4.39 Å². The molecule has 1 aromatic carbocycles. The summed E-state index contributed by atoms with van der Waals surface area (Å²) in [5.74, 6) is -0.238. The molecular formula is C18H30FIN4O3S. The highest BCUT2D eigenvalue weighted by Gasteiger charge is 2.27. The van der Waals surface area contributed by atoms with Gasteiger partial charge >= 0.3 is 0 Å². The minimum atomic E-state index is -3.15. The van der Waals surface area contributed by atoms with E-state index >= 15 is 0 Å². The molecule has 7 nitrogen and oxygen atoms in total. The third kappa shape index (κ3) is 7.36. The first-order valence-electron chi connectivity index (χ1n) is 9.35. The number of halogens is 2. The molecule has 1 aliphatic heterocycles. The Balaban J connectivity index is 0.00000392. The smallest absolute Gasteiger partial charge is 0.214 e. The van der Waals surface area contributed by atoms with Crippen LogP contribution in [0.1, 0.15) is 38.7 Å². The molecule has 0 amide bonds. The van der Waals surface area contributed by atoms with E-state index in [2.05, 4.69) is 15.6 Å². The fourth-order valence-electron chi connectivity index (χ4n) is 3.00. The number of sulfonamides is 1. The second-order valence-corrected chi connectivity index (χ2v) is 8.70. The molecule has 1 saturated heterocycles. The molecule has 2 rings (SSSR count). The summed E-state index contributed by atoms with van der Waals surface area (Å²) in [6.07, 6.45) is 2.04. The van der Waals surface area contributed by atoms with Crippen LogP contribution in [0.15, 0.2) is 23.2 Å². The van der Waals surface area contributed by atoms with Crippen molar-refractivity contribution in [2.75, 3.05) is 25.4 Å². The van der Waals surface area contributed by atoms with Crippen LogP contribution in [-0.4, -0.2) is 55.2 Å². The van der Waals surface area contributed by atoms with Gasteiger partial charge in [-0.25, -0.2) is 22.1 Å². The minimum absolute atomic E-state index is 0. The number of benzene rings is 1. The highest BCUT2D eigenvalue weighted by atomic mass is 127. The maximum Gasteiger partial charge on any atom is 0.214 e. The molecule has 3 N–H and O–H groups in total. The summed E-state index contributed by atoms with van der Waals surface area (Å²) in [6, 6.07) is 4.34. The van der Waals surface area contributed by atoms with Gasteiger partial charge in [0.2, 0.25) is 10.0 Å². The number of phenolic OH excluding ortho intramolecular Hbond substituents is 1. The number of phenols is 1. The van der Waals surface area contributed by atoms with E-state index in [9.17, 15) is 17.9 Å². The van der Waals surface area contributed by atoms with E-state index in [-0.39, 0.29) is 48.1 Å². The lowest BCUT2D eigenvalue weighted by Crippen LogP contribution is -2.50. The van der Waals surface area contributed by atoms with E-state index in [1.807, 2.05) is 13.8 Å². The molecular weight excluding hydrogens is 498 g/mol. The van der Waals surface area contributed by atoms with E-state index in [0.717, 1.165) is 0 Å². The lowest BCUT2D eigenvalue weighted by molar-refractivity contribution is 0.306. The molecule has 160 valence electrons. The number of nitrogens with zero attached hydrogens (tertiary/aromatic N) is 2. The molecule has 10 heteroatoms. The number of nitrogens with one attached hydrogen (secondary N) is 2. The van der Waals surface area contributed by atoms with Crippen LogP contribution in [0.2, 0.25) is 0 Å². The number of aromatic hydroxyl groups is 1. The van der Waals surface area contributed by atoms with Gasteiger partial charge in [0.25, 0.3) is 0 Å². The molecule has 0 aliphatic carbocycles. The zero-order valence-corrected chi connectivity index (χ0v) is 19.5. The zero-order valence-electron chi connectivity index (χ0n) is 16.3. The molecule has 1 aromatic rings. The van der Waals surface area contributed by atoms with Crippen LogP contribution in [0, 0.1) is 5.82 Å². The van der Waals surface area contributed by atoms with Crippen molar-refractivity contribution in [3.05, 3.63) is 29.6 Å². The largest absolute Gasteiger partial charge is 0.505 e. The van der Waals surface area contributed by atoms with Gasteiger partial charge in [-0.2, -0.15) is 0 Å². The number of guanidine groups is 1. The van der Waals surface area contributed by atoms with E-state index < -0.39 is 15.8 Å². The Morgan fingerprint density at radius 2 is 2.00 bits per heavy atom. The first-order chi connectivity index (χ1) is 12.9. The summed E-state index contributed by atoms with van der Waals surface area (Å²) in [7, 11) is -3.15. The molecule has 0 aromatic heterocycles. The number of rotatable bonds is 7. The van der Waals surface area contributed by atoms with Crippen LogP contribution >= 0.6 is 24.0 Å². The highest BCUT2D eigenvalue weighted by molar-refractivity contribution is 14.0. The summed E-state index contributed by atoms with van der Waals surface area (Å²) >= 11 is 0. The standard InChI is InChI=1S/C18H29FN4O3S.HI/c1-3-11-27(25,26)23-9-7-15(8-10-23)22-18(20-4-2)21-13-14-5-6-17(24)16(19)12-14;/h5-6,12,15,24H,3-4,7-11,13H2,1-2H3,(H2,20,21,22);1H. The Morgan fingerprint density at radius 3 is 2.57 bits per heavy atom. The summed E-state index contributed by atoms with van der Waals surface area (Å²) in [4.78, 5) is 4.46. The third-order valence-corrected chi connectivity index (χ3v) is 6.50. The lowest BCUT2D eigenvalue weighted by Gasteiger charge is -2.32. The molecule has 1 fully saturated rings. The predicted molar refractivity (Wildman–Crippen MR) is 120 cm³/mol. The average molecular weight is 528 g/mol. The number of piperidine rings is 1. The molecule has 0 spiro atoms. The second kappa shape index (κ2) is 11.8. The van der Waals surface area contributed by atoms with Crippen molar-refractivity contribution in [3.63, 3.8) is 0 Å². The van der Waals surface area contributed by atoms with Crippen LogP contribution in [0.5, 0.6) is 5.75 Å². The molecule has 0 unspecified atom stereocenters. The van der Waals surface area contributed by atoms with Gasteiger partial charge in [-0.15, -0.1) is 24.0 Å². The zero-order chi connectivity index (χ0) is 19.9. The summed E-state index contributed by atoms with van der Waals surface area (Å²) < 4.78 is 39.3. The number of aliphatic imine (C=N–C) groups is 1. The third-order valence-electron chi connectivity index (χ3n) is 4.43. The Kier molecular flexibility index (Phi) is 10.5. The van der Waals surface area contributed by atoms with Crippen molar-refractivity contribution in [1.82, 2.24) is 14.9 Å². The second-order valence-electron chi connectivity index (χ2n) is 6.61. The summed E-state index contributed by atoms with van der Waals surface area (Å²) in [5.41, 5.74) is 0.656.